The average molecular weight is 476 g/mol. The van der Waals surface area contributed by atoms with Gasteiger partial charge in [-0.15, -0.1) is 10.2 Å². The van der Waals surface area contributed by atoms with Crippen LogP contribution in [0.2, 0.25) is 0 Å². The molecule has 0 aliphatic rings. The topological polar surface area (TPSA) is 111 Å². The van der Waals surface area contributed by atoms with E-state index >= 15 is 0 Å². The van der Waals surface area contributed by atoms with Gasteiger partial charge in [-0.05, 0) is 48.5 Å². The molecule has 0 bridgehead atoms. The lowest BCUT2D eigenvalue weighted by Gasteiger charge is -2.11. The summed E-state index contributed by atoms with van der Waals surface area (Å²) in [5.74, 6) is -0.215. The van der Waals surface area contributed by atoms with E-state index in [4.69, 9.17) is 4.74 Å². The van der Waals surface area contributed by atoms with Gasteiger partial charge in [0.15, 0.2) is 5.65 Å². The van der Waals surface area contributed by atoms with Crippen LogP contribution in [-0.4, -0.2) is 40.3 Å². The van der Waals surface area contributed by atoms with Gasteiger partial charge in [-0.2, -0.15) is 9.61 Å². The minimum Gasteiger partial charge on any atom is -0.497 e. The number of aromatic nitrogens is 5. The van der Waals surface area contributed by atoms with Gasteiger partial charge in [0.2, 0.25) is 5.82 Å². The van der Waals surface area contributed by atoms with Crippen molar-refractivity contribution in [3.8, 4) is 28.5 Å². The van der Waals surface area contributed by atoms with Crippen LogP contribution >= 0.6 is 0 Å². The van der Waals surface area contributed by atoms with Gasteiger partial charge in [-0.3, -0.25) is 9.71 Å². The van der Waals surface area contributed by atoms with Crippen LogP contribution in [0.5, 0.6) is 5.75 Å². The van der Waals surface area contributed by atoms with Crippen molar-refractivity contribution in [1.29, 1.82) is 0 Å². The summed E-state index contributed by atoms with van der Waals surface area (Å²) in [7, 11) is -2.80. The number of anilines is 1. The first-order chi connectivity index (χ1) is 16.4. The van der Waals surface area contributed by atoms with E-state index in [0.717, 1.165) is 12.1 Å². The van der Waals surface area contributed by atoms with Gasteiger partial charge >= 0.3 is 0 Å². The summed E-state index contributed by atoms with van der Waals surface area (Å²) < 4.78 is 48.8. The second-order valence-electron chi connectivity index (χ2n) is 7.21. The Kier molecular flexibility index (Phi) is 5.38. The Morgan fingerprint density at radius 1 is 0.941 bits per heavy atom. The third-order valence-electron chi connectivity index (χ3n) is 5.00. The molecule has 0 spiro atoms. The first-order valence-corrected chi connectivity index (χ1v) is 11.5. The minimum absolute atomic E-state index is 0.221. The summed E-state index contributed by atoms with van der Waals surface area (Å²) in [6.07, 6.45) is 1.65. The molecule has 9 nitrogen and oxygen atoms in total. The zero-order chi connectivity index (χ0) is 23.7. The lowest BCUT2D eigenvalue weighted by molar-refractivity contribution is 0.410. The maximum Gasteiger partial charge on any atom is 0.264 e. The number of fused-ring (bicyclic) bond motifs is 1. The molecule has 11 heteroatoms. The molecule has 0 saturated heterocycles. The largest absolute Gasteiger partial charge is 0.497 e. The Hall–Kier alpha value is -4.38. The highest BCUT2D eigenvalue weighted by Gasteiger charge is 2.20. The maximum atomic E-state index is 14.3. The fraction of sp³-hybridized carbons (Fsp3) is 0.0435. The normalized spacial score (nSPS) is 11.5. The van der Waals surface area contributed by atoms with Gasteiger partial charge in [0.25, 0.3) is 10.0 Å². The van der Waals surface area contributed by atoms with Gasteiger partial charge in [0.1, 0.15) is 22.2 Å². The van der Waals surface area contributed by atoms with Crippen LogP contribution in [0.1, 0.15) is 0 Å². The fourth-order valence-corrected chi connectivity index (χ4v) is 4.49. The molecule has 34 heavy (non-hydrogen) atoms. The number of nitrogens with zero attached hydrogens (tertiary/aromatic N) is 5. The van der Waals surface area contributed by atoms with Gasteiger partial charge < -0.3 is 4.74 Å². The molecular weight excluding hydrogens is 459 g/mol. The zero-order valence-electron chi connectivity index (χ0n) is 17.8. The van der Waals surface area contributed by atoms with E-state index in [1.54, 1.807) is 59.2 Å². The van der Waals surface area contributed by atoms with Gasteiger partial charge in [-0.1, -0.05) is 18.2 Å². The number of ether oxygens (including phenoxy) is 1. The number of hydrogen-bond donors (Lipinski definition) is 1. The highest BCUT2D eigenvalue weighted by molar-refractivity contribution is 7.92. The lowest BCUT2D eigenvalue weighted by Crippen LogP contribution is -2.14. The second kappa shape index (κ2) is 8.52. The molecule has 0 saturated carbocycles. The van der Waals surface area contributed by atoms with Crippen LogP contribution < -0.4 is 9.46 Å². The van der Waals surface area contributed by atoms with E-state index in [-0.39, 0.29) is 11.4 Å². The maximum absolute atomic E-state index is 14.3. The highest BCUT2D eigenvalue weighted by atomic mass is 32.2. The van der Waals surface area contributed by atoms with Gasteiger partial charge in [0, 0.05) is 23.5 Å². The summed E-state index contributed by atoms with van der Waals surface area (Å²) >= 11 is 0. The van der Waals surface area contributed by atoms with Crippen molar-refractivity contribution in [2.24, 2.45) is 0 Å². The van der Waals surface area contributed by atoms with Crippen LogP contribution in [0.15, 0.2) is 83.9 Å². The van der Waals surface area contributed by atoms with Gasteiger partial charge in [-0.25, -0.2) is 12.8 Å². The summed E-state index contributed by atoms with van der Waals surface area (Å²) in [6, 6.07) is 19.1. The summed E-state index contributed by atoms with van der Waals surface area (Å²) in [4.78, 5) is 3.81. The molecule has 1 N–H and O–H groups in total. The Morgan fingerprint density at radius 2 is 1.82 bits per heavy atom. The van der Waals surface area contributed by atoms with E-state index < -0.39 is 20.7 Å². The minimum atomic E-state index is -4.17. The second-order valence-corrected chi connectivity index (χ2v) is 8.86. The molecule has 170 valence electrons. The van der Waals surface area contributed by atoms with Crippen LogP contribution in [0, 0.1) is 5.82 Å². The molecule has 0 radical (unpaired) electrons. The monoisotopic (exact) mass is 476 g/mol. The lowest BCUT2D eigenvalue weighted by atomic mass is 10.1. The number of benzene rings is 2. The summed E-state index contributed by atoms with van der Waals surface area (Å²) in [5, 5.41) is 12.9. The number of pyridine rings is 1. The number of methoxy groups -OCH3 is 1. The molecule has 3 heterocycles. The number of rotatable bonds is 6. The number of hydrogen-bond acceptors (Lipinski definition) is 7. The molecule has 0 aliphatic heterocycles. The van der Waals surface area contributed by atoms with Crippen molar-refractivity contribution in [3.63, 3.8) is 0 Å². The van der Waals surface area contributed by atoms with Crippen molar-refractivity contribution in [2.75, 3.05) is 11.8 Å². The van der Waals surface area contributed by atoms with Crippen LogP contribution in [0.4, 0.5) is 10.1 Å². The standard InChI is InChI=1S/C23H17FN6O3S/c1-33-17-8-10-21(18(24)14-17)34(31,32)29-16-6-4-5-15(13-16)19-9-11-22-26-27-23(30(22)28-19)20-7-2-3-12-25-20/h2-14,29H,1H3. The molecule has 5 rings (SSSR count). The number of sulfonamides is 1. The zero-order valence-corrected chi connectivity index (χ0v) is 18.6. The third-order valence-corrected chi connectivity index (χ3v) is 6.41. The SMILES string of the molecule is COc1ccc(S(=O)(=O)Nc2cccc(-c3ccc4nnc(-c5ccccn5)n4n3)c2)c(F)c1. The van der Waals surface area contributed by atoms with Crippen molar-refractivity contribution in [1.82, 2.24) is 24.8 Å². The van der Waals surface area contributed by atoms with Crippen molar-refractivity contribution in [3.05, 3.63) is 84.8 Å². The molecule has 0 fully saturated rings. The van der Waals surface area contributed by atoms with E-state index in [1.165, 1.54) is 13.2 Å². The third kappa shape index (κ3) is 4.04. The van der Waals surface area contributed by atoms with Crippen molar-refractivity contribution in [2.45, 2.75) is 4.90 Å². The van der Waals surface area contributed by atoms with E-state index in [9.17, 15) is 12.8 Å². The fourth-order valence-electron chi connectivity index (χ4n) is 3.38. The Morgan fingerprint density at radius 3 is 2.59 bits per heavy atom. The number of nitrogens with one attached hydrogen (secondary N) is 1. The first kappa shape index (κ1) is 21.5. The molecule has 2 aromatic carbocycles. The Bertz CT molecular complexity index is 1610. The molecule has 0 atom stereocenters. The molecule has 0 aliphatic carbocycles. The van der Waals surface area contributed by atoms with Crippen LogP contribution in [-0.2, 0) is 10.0 Å². The number of halogens is 1. The average Bonchev–Trinajstić information content (AvgIpc) is 3.27. The Labute approximate surface area is 193 Å². The molecule has 5 aromatic rings. The first-order valence-electron chi connectivity index (χ1n) is 10.1. The van der Waals surface area contributed by atoms with E-state index in [0.29, 0.717) is 28.4 Å². The Balaban J connectivity index is 1.49. The quantitative estimate of drug-likeness (QED) is 0.397. The van der Waals surface area contributed by atoms with E-state index in [2.05, 4.69) is 25.0 Å². The molecule has 3 aromatic heterocycles. The summed E-state index contributed by atoms with van der Waals surface area (Å²) in [5.41, 5.74) is 2.60. The van der Waals surface area contributed by atoms with Crippen LogP contribution in [0.25, 0.3) is 28.4 Å². The van der Waals surface area contributed by atoms with Crippen LogP contribution in [0.3, 0.4) is 0 Å². The predicted octanol–water partition coefficient (Wildman–Crippen LogP) is 3.80. The van der Waals surface area contributed by atoms with Crippen molar-refractivity contribution >= 4 is 21.4 Å². The predicted molar refractivity (Wildman–Crippen MR) is 123 cm³/mol. The van der Waals surface area contributed by atoms with E-state index in [1.807, 2.05) is 6.07 Å². The van der Waals surface area contributed by atoms with Crippen molar-refractivity contribution < 1.29 is 17.5 Å². The molecular formula is C23H17FN6O3S. The van der Waals surface area contributed by atoms with Gasteiger partial charge in [0.05, 0.1) is 12.8 Å². The summed E-state index contributed by atoms with van der Waals surface area (Å²) in [6.45, 7) is 0. The molecule has 0 unspecified atom stereocenters. The molecule has 0 amide bonds. The smallest absolute Gasteiger partial charge is 0.264 e. The highest BCUT2D eigenvalue weighted by Crippen LogP contribution is 2.26.